The maximum atomic E-state index is 11.6. The van der Waals surface area contributed by atoms with Crippen LogP contribution in [0.15, 0.2) is 71.7 Å². The Bertz CT molecular complexity index is 1150. The van der Waals surface area contributed by atoms with E-state index >= 15 is 0 Å². The molecule has 0 atom stereocenters. The molecule has 3 aromatic rings. The van der Waals surface area contributed by atoms with Gasteiger partial charge in [-0.05, 0) is 46.5 Å². The summed E-state index contributed by atoms with van der Waals surface area (Å²) in [6.07, 6.45) is 0.832. The van der Waals surface area contributed by atoms with E-state index in [1.165, 1.54) is 11.1 Å². The van der Waals surface area contributed by atoms with Crippen molar-refractivity contribution in [2.24, 2.45) is 4.99 Å². The summed E-state index contributed by atoms with van der Waals surface area (Å²) in [5.41, 5.74) is 8.75. The molecule has 3 aromatic carbocycles. The van der Waals surface area contributed by atoms with Gasteiger partial charge in [-0.3, -0.25) is 10.0 Å². The number of carbonyl (C=O) groups is 1. The van der Waals surface area contributed by atoms with Crippen LogP contribution in [0.25, 0.3) is 11.1 Å². The van der Waals surface area contributed by atoms with Gasteiger partial charge in [-0.15, -0.1) is 0 Å². The number of aliphatic imine (C=N–C) groups is 1. The number of rotatable bonds is 2. The number of amidine groups is 1. The number of morpholine rings is 1. The molecule has 2 heterocycles. The van der Waals surface area contributed by atoms with Gasteiger partial charge >= 0.3 is 0 Å². The average Bonchev–Trinajstić information content (AvgIpc) is 3.00. The minimum absolute atomic E-state index is 0.409. The fraction of sp³-hybridized carbons (Fsp3) is 0.200. The Balaban J connectivity index is 1.59. The molecule has 6 heteroatoms. The van der Waals surface area contributed by atoms with Gasteiger partial charge in [0, 0.05) is 30.6 Å². The van der Waals surface area contributed by atoms with Gasteiger partial charge in [0.1, 0.15) is 5.84 Å². The van der Waals surface area contributed by atoms with Gasteiger partial charge in [0.05, 0.1) is 18.9 Å². The molecule has 0 radical (unpaired) electrons. The van der Waals surface area contributed by atoms with Gasteiger partial charge < -0.3 is 9.64 Å². The highest BCUT2D eigenvalue weighted by molar-refractivity contribution is 6.03. The van der Waals surface area contributed by atoms with Crippen LogP contribution in [-0.4, -0.2) is 48.2 Å². The Morgan fingerprint density at radius 3 is 2.45 bits per heavy atom. The molecule has 1 fully saturated rings. The van der Waals surface area contributed by atoms with Crippen molar-refractivity contribution in [3.05, 3.63) is 89.0 Å². The second-order valence-corrected chi connectivity index (χ2v) is 7.73. The van der Waals surface area contributed by atoms with E-state index < -0.39 is 5.91 Å². The highest BCUT2D eigenvalue weighted by Gasteiger charge is 2.23. The standard InChI is InChI=1S/C25H23N3O3/c29-25(27-30)18-7-5-17(6-8-18)19-9-10-20-15-21-3-1-2-4-23(21)26-24(22(20)16-19)28-11-13-31-14-12-28/h1-10,16,30H,11-15H2,(H,27,29). The van der Waals surface area contributed by atoms with Crippen molar-refractivity contribution in [2.45, 2.75) is 6.42 Å². The molecule has 2 N–H and O–H groups in total. The van der Waals surface area contributed by atoms with Crippen molar-refractivity contribution in [2.75, 3.05) is 26.3 Å². The Morgan fingerprint density at radius 1 is 0.935 bits per heavy atom. The molecule has 1 amide bonds. The van der Waals surface area contributed by atoms with E-state index in [1.54, 1.807) is 17.6 Å². The monoisotopic (exact) mass is 413 g/mol. The highest BCUT2D eigenvalue weighted by Crippen LogP contribution is 2.32. The van der Waals surface area contributed by atoms with Crippen LogP contribution in [-0.2, 0) is 11.2 Å². The van der Waals surface area contributed by atoms with Crippen molar-refractivity contribution in [1.82, 2.24) is 10.4 Å². The fourth-order valence-electron chi connectivity index (χ4n) is 4.16. The van der Waals surface area contributed by atoms with Crippen molar-refractivity contribution in [1.29, 1.82) is 0 Å². The second-order valence-electron chi connectivity index (χ2n) is 7.73. The first kappa shape index (κ1) is 19.5. The first-order valence-electron chi connectivity index (χ1n) is 10.4. The Hall–Kier alpha value is -3.48. The topological polar surface area (TPSA) is 74.2 Å². The molecule has 0 aromatic heterocycles. The summed E-state index contributed by atoms with van der Waals surface area (Å²) >= 11 is 0. The molecule has 0 aliphatic carbocycles. The lowest BCUT2D eigenvalue weighted by atomic mass is 9.94. The van der Waals surface area contributed by atoms with Crippen LogP contribution in [0.3, 0.4) is 0 Å². The Labute approximate surface area is 180 Å². The summed E-state index contributed by atoms with van der Waals surface area (Å²) in [7, 11) is 0. The van der Waals surface area contributed by atoms with Gasteiger partial charge in [0.15, 0.2) is 0 Å². The van der Waals surface area contributed by atoms with Gasteiger partial charge in [0.25, 0.3) is 5.91 Å². The molecule has 1 saturated heterocycles. The van der Waals surface area contributed by atoms with Crippen molar-refractivity contribution < 1.29 is 14.7 Å². The van der Waals surface area contributed by atoms with E-state index in [0.717, 1.165) is 47.7 Å². The predicted molar refractivity (Wildman–Crippen MR) is 119 cm³/mol. The van der Waals surface area contributed by atoms with E-state index in [4.69, 9.17) is 14.9 Å². The van der Waals surface area contributed by atoms with Crippen LogP contribution < -0.4 is 5.48 Å². The molecule has 2 aliphatic rings. The Morgan fingerprint density at radius 2 is 1.68 bits per heavy atom. The highest BCUT2D eigenvalue weighted by atomic mass is 16.5. The van der Waals surface area contributed by atoms with E-state index in [9.17, 15) is 4.79 Å². The van der Waals surface area contributed by atoms with Crippen molar-refractivity contribution in [3.63, 3.8) is 0 Å². The number of hydrogen-bond acceptors (Lipinski definition) is 5. The molecule has 0 bridgehead atoms. The zero-order valence-corrected chi connectivity index (χ0v) is 17.0. The SMILES string of the molecule is O=C(NO)c1ccc(-c2ccc3c(c2)C(N2CCOCC2)=Nc2ccccc2C3)cc1. The third kappa shape index (κ3) is 3.83. The van der Waals surface area contributed by atoms with Crippen LogP contribution in [0.4, 0.5) is 5.69 Å². The molecule has 2 aliphatic heterocycles. The van der Waals surface area contributed by atoms with E-state index in [-0.39, 0.29) is 0 Å². The number of hydroxylamine groups is 1. The zero-order valence-electron chi connectivity index (χ0n) is 17.0. The lowest BCUT2D eigenvalue weighted by Crippen LogP contribution is -2.41. The number of benzene rings is 3. The van der Waals surface area contributed by atoms with E-state index in [0.29, 0.717) is 18.8 Å². The normalized spacial score (nSPS) is 15.4. The number of carbonyl (C=O) groups excluding carboxylic acids is 1. The number of amides is 1. The number of nitrogens with zero attached hydrogens (tertiary/aromatic N) is 2. The molecular formula is C25H23N3O3. The summed E-state index contributed by atoms with van der Waals surface area (Å²) in [6.45, 7) is 3.03. The van der Waals surface area contributed by atoms with Gasteiger partial charge in [0.2, 0.25) is 0 Å². The number of ether oxygens (including phenoxy) is 1. The molecule has 0 saturated carbocycles. The van der Waals surface area contributed by atoms with E-state index in [1.807, 2.05) is 18.2 Å². The van der Waals surface area contributed by atoms with Gasteiger partial charge in [-0.2, -0.15) is 0 Å². The Kier molecular flexibility index (Phi) is 5.24. The average molecular weight is 413 g/mol. The van der Waals surface area contributed by atoms with Crippen LogP contribution in [0.5, 0.6) is 0 Å². The van der Waals surface area contributed by atoms with Gasteiger partial charge in [-0.25, -0.2) is 10.5 Å². The van der Waals surface area contributed by atoms with E-state index in [2.05, 4.69) is 41.3 Å². The number of para-hydroxylation sites is 1. The number of hydrogen-bond donors (Lipinski definition) is 2. The summed E-state index contributed by atoms with van der Waals surface area (Å²) in [4.78, 5) is 19.0. The first-order valence-corrected chi connectivity index (χ1v) is 10.4. The quantitative estimate of drug-likeness (QED) is 0.495. The van der Waals surface area contributed by atoms with Crippen LogP contribution in [0, 0.1) is 0 Å². The molecule has 31 heavy (non-hydrogen) atoms. The zero-order chi connectivity index (χ0) is 21.2. The van der Waals surface area contributed by atoms with Crippen LogP contribution in [0.1, 0.15) is 27.0 Å². The van der Waals surface area contributed by atoms with Crippen molar-refractivity contribution >= 4 is 17.4 Å². The predicted octanol–water partition coefficient (Wildman–Crippen LogP) is 3.79. The smallest absolute Gasteiger partial charge is 0.274 e. The molecule has 156 valence electrons. The lowest BCUT2D eigenvalue weighted by molar-refractivity contribution is 0.0683. The summed E-state index contributed by atoms with van der Waals surface area (Å²) in [6, 6.07) is 22.0. The molecule has 0 spiro atoms. The number of fused-ring (bicyclic) bond motifs is 2. The van der Waals surface area contributed by atoms with Gasteiger partial charge in [-0.1, -0.05) is 42.5 Å². The minimum atomic E-state index is -0.520. The fourth-order valence-corrected chi connectivity index (χ4v) is 4.16. The van der Waals surface area contributed by atoms with Crippen molar-refractivity contribution in [3.8, 4) is 11.1 Å². The summed E-state index contributed by atoms with van der Waals surface area (Å²) in [5.74, 6) is 0.467. The summed E-state index contributed by atoms with van der Waals surface area (Å²) in [5, 5.41) is 8.83. The molecular weight excluding hydrogens is 390 g/mol. The second kappa shape index (κ2) is 8.34. The molecule has 0 unspecified atom stereocenters. The number of nitrogens with one attached hydrogen (secondary N) is 1. The third-order valence-electron chi connectivity index (χ3n) is 5.84. The molecule has 5 rings (SSSR count). The third-order valence-corrected chi connectivity index (χ3v) is 5.84. The lowest BCUT2D eigenvalue weighted by Gasteiger charge is -2.30. The summed E-state index contributed by atoms with van der Waals surface area (Å²) < 4.78 is 5.56. The van der Waals surface area contributed by atoms with Crippen LogP contribution >= 0.6 is 0 Å². The molecule has 6 nitrogen and oxygen atoms in total. The maximum absolute atomic E-state index is 11.6. The minimum Gasteiger partial charge on any atom is -0.378 e. The first-order chi connectivity index (χ1) is 15.2. The van der Waals surface area contributed by atoms with Crippen LogP contribution in [0.2, 0.25) is 0 Å². The maximum Gasteiger partial charge on any atom is 0.274 e. The largest absolute Gasteiger partial charge is 0.378 e.